The smallest absolute Gasteiger partial charge is 0.341 e. The monoisotopic (exact) mass is 441 g/mol. The van der Waals surface area contributed by atoms with Crippen molar-refractivity contribution in [2.45, 2.75) is 18.6 Å². The van der Waals surface area contributed by atoms with Gasteiger partial charge in [0, 0.05) is 34.9 Å². The van der Waals surface area contributed by atoms with Crippen molar-refractivity contribution in [2.24, 2.45) is 0 Å². The van der Waals surface area contributed by atoms with Crippen molar-refractivity contribution in [3.05, 3.63) is 81.6 Å². The first kappa shape index (κ1) is 20.6. The number of aromatic nitrogens is 1. The number of aryl methyl sites for hydroxylation is 1. The van der Waals surface area contributed by atoms with E-state index in [0.717, 1.165) is 16.7 Å². The molecule has 0 fully saturated rings. The zero-order valence-corrected chi connectivity index (χ0v) is 18.5. The number of benzene rings is 2. The molecule has 3 unspecified atom stereocenters. The summed E-state index contributed by atoms with van der Waals surface area (Å²) in [6.07, 6.45) is 0.743. The fourth-order valence-corrected chi connectivity index (χ4v) is 3.64. The van der Waals surface area contributed by atoms with Crippen LogP contribution in [0.15, 0.2) is 59.5 Å². The zero-order chi connectivity index (χ0) is 21.4. The predicted molar refractivity (Wildman–Crippen MR) is 122 cm³/mol. The van der Waals surface area contributed by atoms with Gasteiger partial charge in [-0.15, -0.1) is 18.5 Å². The molecule has 1 aliphatic heterocycles. The van der Waals surface area contributed by atoms with Gasteiger partial charge in [0.2, 0.25) is 6.23 Å². The fourth-order valence-electron chi connectivity index (χ4n) is 3.45. The molecule has 8 heteroatoms. The van der Waals surface area contributed by atoms with E-state index in [1.807, 2.05) is 49.4 Å². The van der Waals surface area contributed by atoms with Crippen LogP contribution < -0.4 is 14.9 Å². The Morgan fingerprint density at radius 3 is 2.63 bits per heavy atom. The minimum atomic E-state index is -1.27. The standard InChI is InChI=1S/C22H21NO5P2/c1-12-7-14-16-8-17(24)15(22(25)26)10-23(16)21(13-5-3-2-4-6-13)28-19(14)9-18(12)27-11-20(29)30/h2-10,20-21H,11,29-30H2,1H3,(H,25,26). The topological polar surface area (TPSA) is 77.8 Å². The van der Waals surface area contributed by atoms with Gasteiger partial charge in [-0.05, 0) is 18.6 Å². The van der Waals surface area contributed by atoms with E-state index in [1.54, 1.807) is 4.57 Å². The molecule has 0 bridgehead atoms. The maximum absolute atomic E-state index is 12.5. The van der Waals surface area contributed by atoms with Crippen LogP contribution in [0.25, 0.3) is 11.3 Å². The summed E-state index contributed by atoms with van der Waals surface area (Å²) >= 11 is 0. The second-order valence-electron chi connectivity index (χ2n) is 7.12. The number of fused-ring (bicyclic) bond motifs is 3. The molecule has 6 nitrogen and oxygen atoms in total. The molecule has 0 amide bonds. The summed E-state index contributed by atoms with van der Waals surface area (Å²) in [6, 6.07) is 14.6. The van der Waals surface area contributed by atoms with Crippen molar-refractivity contribution < 1.29 is 19.4 Å². The molecule has 1 aromatic heterocycles. The minimum absolute atomic E-state index is 0.215. The van der Waals surface area contributed by atoms with Gasteiger partial charge in [-0.25, -0.2) is 4.79 Å². The van der Waals surface area contributed by atoms with Gasteiger partial charge in [0.1, 0.15) is 17.1 Å². The maximum Gasteiger partial charge on any atom is 0.341 e. The molecule has 0 spiro atoms. The molecule has 154 valence electrons. The Morgan fingerprint density at radius 1 is 1.23 bits per heavy atom. The van der Waals surface area contributed by atoms with Crippen LogP contribution in [0.5, 0.6) is 11.5 Å². The van der Waals surface area contributed by atoms with Crippen molar-refractivity contribution in [2.75, 3.05) is 6.61 Å². The Balaban J connectivity index is 1.91. The van der Waals surface area contributed by atoms with E-state index in [2.05, 4.69) is 18.5 Å². The van der Waals surface area contributed by atoms with Crippen LogP contribution in [-0.2, 0) is 0 Å². The van der Waals surface area contributed by atoms with Gasteiger partial charge in [0.25, 0.3) is 0 Å². The highest BCUT2D eigenvalue weighted by Crippen LogP contribution is 2.43. The molecule has 1 aliphatic rings. The average Bonchev–Trinajstić information content (AvgIpc) is 2.72. The van der Waals surface area contributed by atoms with Crippen molar-refractivity contribution in [1.29, 1.82) is 0 Å². The Kier molecular flexibility index (Phi) is 5.64. The van der Waals surface area contributed by atoms with Crippen LogP contribution in [-0.4, -0.2) is 27.6 Å². The Bertz CT molecular complexity index is 1170. The van der Waals surface area contributed by atoms with Gasteiger partial charge in [0.15, 0.2) is 5.43 Å². The summed E-state index contributed by atoms with van der Waals surface area (Å²) in [5.41, 5.74) is 2.21. The van der Waals surface area contributed by atoms with Gasteiger partial charge in [-0.3, -0.25) is 4.79 Å². The highest BCUT2D eigenvalue weighted by molar-refractivity contribution is 7.37. The first-order valence-electron chi connectivity index (χ1n) is 9.35. The SMILES string of the molecule is Cc1cc2c(cc1OCC(P)P)OC(c1ccccc1)n1cc(C(=O)O)c(=O)cc1-2. The minimum Gasteiger partial charge on any atom is -0.492 e. The molecule has 30 heavy (non-hydrogen) atoms. The van der Waals surface area contributed by atoms with Crippen LogP contribution in [0.4, 0.5) is 0 Å². The molecule has 2 heterocycles. The van der Waals surface area contributed by atoms with Crippen LogP contribution >= 0.6 is 18.5 Å². The highest BCUT2D eigenvalue weighted by Gasteiger charge is 2.29. The van der Waals surface area contributed by atoms with Gasteiger partial charge >= 0.3 is 5.97 Å². The van der Waals surface area contributed by atoms with E-state index in [-0.39, 0.29) is 11.0 Å². The molecular formula is C22H21NO5P2. The number of carboxylic acids is 1. The largest absolute Gasteiger partial charge is 0.492 e. The number of hydrogen-bond donors (Lipinski definition) is 1. The number of pyridine rings is 1. The fraction of sp³-hybridized carbons (Fsp3) is 0.182. The van der Waals surface area contributed by atoms with E-state index in [9.17, 15) is 14.7 Å². The van der Waals surface area contributed by atoms with E-state index in [0.29, 0.717) is 23.8 Å². The van der Waals surface area contributed by atoms with Crippen molar-refractivity contribution >= 4 is 24.4 Å². The number of rotatable bonds is 5. The molecule has 3 aromatic rings. The van der Waals surface area contributed by atoms with Crippen molar-refractivity contribution in [3.8, 4) is 22.8 Å². The van der Waals surface area contributed by atoms with E-state index in [4.69, 9.17) is 9.47 Å². The van der Waals surface area contributed by atoms with Gasteiger partial charge in [-0.1, -0.05) is 30.3 Å². The van der Waals surface area contributed by atoms with Crippen LogP contribution in [0.1, 0.15) is 27.7 Å². The Labute approximate surface area is 178 Å². The van der Waals surface area contributed by atoms with E-state index in [1.165, 1.54) is 12.3 Å². The third-order valence-corrected chi connectivity index (χ3v) is 5.26. The first-order valence-corrected chi connectivity index (χ1v) is 10.7. The third kappa shape index (κ3) is 3.86. The number of ether oxygens (including phenoxy) is 2. The maximum atomic E-state index is 12.5. The molecule has 0 saturated heterocycles. The predicted octanol–water partition coefficient (Wildman–Crippen LogP) is 3.92. The molecule has 0 aliphatic carbocycles. The summed E-state index contributed by atoms with van der Waals surface area (Å²) < 4.78 is 13.9. The zero-order valence-electron chi connectivity index (χ0n) is 16.2. The van der Waals surface area contributed by atoms with Crippen LogP contribution in [0.2, 0.25) is 0 Å². The summed E-state index contributed by atoms with van der Waals surface area (Å²) in [7, 11) is 5.33. The average molecular weight is 441 g/mol. The Morgan fingerprint density at radius 2 is 1.97 bits per heavy atom. The lowest BCUT2D eigenvalue weighted by atomic mass is 10.0. The van der Waals surface area contributed by atoms with Gasteiger partial charge in [0.05, 0.1) is 12.3 Å². The molecule has 3 atom stereocenters. The second-order valence-corrected chi connectivity index (χ2v) is 9.60. The van der Waals surface area contributed by atoms with E-state index >= 15 is 0 Å². The summed E-state index contributed by atoms with van der Waals surface area (Å²) in [4.78, 5) is 24.0. The number of aromatic carboxylic acids is 1. The summed E-state index contributed by atoms with van der Waals surface area (Å²) in [6.45, 7) is 2.43. The summed E-state index contributed by atoms with van der Waals surface area (Å²) in [5, 5.41) is 9.64. The van der Waals surface area contributed by atoms with Crippen molar-refractivity contribution in [3.63, 3.8) is 0 Å². The normalized spacial score (nSPS) is 14.6. The molecular weight excluding hydrogens is 420 g/mol. The quantitative estimate of drug-likeness (QED) is 0.608. The Hall–Kier alpha value is -2.68. The van der Waals surface area contributed by atoms with Gasteiger partial charge in [-0.2, -0.15) is 0 Å². The van der Waals surface area contributed by atoms with Crippen LogP contribution in [0.3, 0.4) is 0 Å². The molecule has 0 radical (unpaired) electrons. The van der Waals surface area contributed by atoms with Crippen molar-refractivity contribution in [1.82, 2.24) is 4.57 Å². The lowest BCUT2D eigenvalue weighted by Gasteiger charge is -2.32. The number of hydrogen-bond acceptors (Lipinski definition) is 4. The second kappa shape index (κ2) is 8.22. The molecule has 4 rings (SSSR count). The lowest BCUT2D eigenvalue weighted by molar-refractivity contribution is 0.0693. The van der Waals surface area contributed by atoms with E-state index < -0.39 is 17.6 Å². The molecule has 0 saturated carbocycles. The number of carboxylic acid groups (broad SMARTS) is 1. The van der Waals surface area contributed by atoms with Gasteiger partial charge < -0.3 is 19.1 Å². The van der Waals surface area contributed by atoms with Crippen LogP contribution in [0, 0.1) is 6.92 Å². The molecule has 2 aromatic carbocycles. The highest BCUT2D eigenvalue weighted by atomic mass is 31.1. The third-order valence-electron chi connectivity index (χ3n) is 4.87. The molecule has 1 N–H and O–H groups in total. The number of nitrogens with zero attached hydrogens (tertiary/aromatic N) is 1. The summed E-state index contributed by atoms with van der Waals surface area (Å²) in [5.74, 6) is 0.0154. The lowest BCUT2D eigenvalue weighted by Crippen LogP contribution is -2.27. The first-order chi connectivity index (χ1) is 14.3. The number of carbonyl (C=O) groups is 1.